The standard InChI is InChI=1S/C15H34P2.2ClH.Pd/c1-12(2)16(13(3)4)10-9-11-17(14(5)6)15(7)8;;;/h12-15H,9-11H2,1-8H3;2*1H;/q;;;+2/p-2. The normalized spacial score (nSPS) is 12.2. The van der Waals surface area contributed by atoms with Gasteiger partial charge in [0.05, 0.1) is 0 Å². The average molecular weight is 454 g/mol. The molecular weight excluding hydrogens is 419 g/mol. The van der Waals surface area contributed by atoms with Gasteiger partial charge in [-0.25, -0.2) is 0 Å². The van der Waals surface area contributed by atoms with Crippen LogP contribution < -0.4 is 0 Å². The van der Waals surface area contributed by atoms with E-state index in [0.717, 1.165) is 22.6 Å². The summed E-state index contributed by atoms with van der Waals surface area (Å²) < 4.78 is 0. The van der Waals surface area contributed by atoms with Gasteiger partial charge in [0.15, 0.2) is 0 Å². The van der Waals surface area contributed by atoms with E-state index >= 15 is 0 Å². The average Bonchev–Trinajstić information content (AvgIpc) is 2.27. The Balaban J connectivity index is 0. The zero-order valence-electron chi connectivity index (χ0n) is 14.4. The summed E-state index contributed by atoms with van der Waals surface area (Å²) in [6, 6.07) is 0. The van der Waals surface area contributed by atoms with Crippen molar-refractivity contribution >= 4 is 34.9 Å². The molecule has 0 aliphatic heterocycles. The first kappa shape index (κ1) is 24.4. The van der Waals surface area contributed by atoms with Crippen molar-refractivity contribution in [2.45, 2.75) is 84.4 Å². The van der Waals surface area contributed by atoms with Crippen molar-refractivity contribution in [2.75, 3.05) is 12.3 Å². The topological polar surface area (TPSA) is 0 Å². The molecule has 0 spiro atoms. The molecule has 20 heavy (non-hydrogen) atoms. The summed E-state index contributed by atoms with van der Waals surface area (Å²) in [5.74, 6) is 0. The molecule has 0 atom stereocenters. The van der Waals surface area contributed by atoms with E-state index < -0.39 is 0 Å². The summed E-state index contributed by atoms with van der Waals surface area (Å²) in [5.41, 5.74) is 3.65. The Hall–Kier alpha value is 2.10. The van der Waals surface area contributed by atoms with Crippen LogP contribution in [0.25, 0.3) is 0 Å². The van der Waals surface area contributed by atoms with Crippen molar-refractivity contribution in [3.63, 3.8) is 0 Å². The van der Waals surface area contributed by atoms with Crippen LogP contribution in [-0.4, -0.2) is 35.0 Å². The van der Waals surface area contributed by atoms with E-state index in [4.69, 9.17) is 19.1 Å². The SMILES string of the molecule is CC(C)P(CCCP(C(C)C)C(C)C)C(C)C.[Cl][Pd][Cl]. The number of rotatable bonds is 8. The predicted molar refractivity (Wildman–Crippen MR) is 100 cm³/mol. The van der Waals surface area contributed by atoms with Crippen LogP contribution in [0.15, 0.2) is 0 Å². The Kier molecular flexibility index (Phi) is 17.9. The van der Waals surface area contributed by atoms with Gasteiger partial charge in [-0.05, 0) is 41.4 Å². The summed E-state index contributed by atoms with van der Waals surface area (Å²) in [5, 5.41) is 0. The van der Waals surface area contributed by atoms with Crippen molar-refractivity contribution in [2.24, 2.45) is 0 Å². The van der Waals surface area contributed by atoms with Gasteiger partial charge in [-0.15, -0.1) is 15.8 Å². The maximum atomic E-state index is 4.81. The van der Waals surface area contributed by atoms with E-state index in [9.17, 15) is 0 Å². The second kappa shape index (κ2) is 14.7. The van der Waals surface area contributed by atoms with Gasteiger partial charge in [-0.1, -0.05) is 55.4 Å². The molecular formula is C15H34Cl2P2Pd. The molecule has 0 rings (SSSR count). The van der Waals surface area contributed by atoms with Crippen molar-refractivity contribution in [1.29, 1.82) is 0 Å². The van der Waals surface area contributed by atoms with Crippen LogP contribution in [-0.2, 0) is 15.9 Å². The van der Waals surface area contributed by atoms with Crippen molar-refractivity contribution in [1.82, 2.24) is 0 Å². The molecule has 128 valence electrons. The van der Waals surface area contributed by atoms with Gasteiger partial charge in [0.2, 0.25) is 0 Å². The third kappa shape index (κ3) is 12.6. The molecule has 0 heterocycles. The minimum atomic E-state index is -0.106. The zero-order valence-corrected chi connectivity index (χ0v) is 19.3. The molecule has 0 amide bonds. The molecule has 0 saturated heterocycles. The molecule has 0 saturated carbocycles. The van der Waals surface area contributed by atoms with E-state index in [-0.39, 0.29) is 31.8 Å². The fourth-order valence-electron chi connectivity index (χ4n) is 2.66. The molecule has 5 heteroatoms. The summed E-state index contributed by atoms with van der Waals surface area (Å²) in [6.45, 7) is 19.3. The van der Waals surface area contributed by atoms with E-state index in [1.54, 1.807) is 0 Å². The summed E-state index contributed by atoms with van der Waals surface area (Å²) in [7, 11) is 10.2. The van der Waals surface area contributed by atoms with Crippen LogP contribution in [0.5, 0.6) is 0 Å². The number of hydrogen-bond acceptors (Lipinski definition) is 0. The molecule has 0 aromatic heterocycles. The molecule has 0 aliphatic carbocycles. The monoisotopic (exact) mass is 452 g/mol. The van der Waals surface area contributed by atoms with Gasteiger partial charge < -0.3 is 0 Å². The molecule has 0 aromatic rings. The van der Waals surface area contributed by atoms with Crippen LogP contribution in [0.3, 0.4) is 0 Å². The van der Waals surface area contributed by atoms with Gasteiger partial charge >= 0.3 is 35.0 Å². The van der Waals surface area contributed by atoms with Crippen LogP contribution in [0, 0.1) is 0 Å². The van der Waals surface area contributed by atoms with Crippen LogP contribution in [0.2, 0.25) is 0 Å². The molecule has 0 fully saturated rings. The minimum absolute atomic E-state index is 0.106. The molecule has 0 N–H and O–H groups in total. The zero-order chi connectivity index (χ0) is 16.3. The van der Waals surface area contributed by atoms with Gasteiger partial charge in [0, 0.05) is 0 Å². The van der Waals surface area contributed by atoms with Crippen molar-refractivity contribution in [3.8, 4) is 0 Å². The maximum absolute atomic E-state index is 4.81. The Morgan fingerprint density at radius 2 is 0.850 bits per heavy atom. The fraction of sp³-hybridized carbons (Fsp3) is 1.00. The third-order valence-corrected chi connectivity index (χ3v) is 10.5. The number of hydrogen-bond donors (Lipinski definition) is 0. The van der Waals surface area contributed by atoms with Crippen molar-refractivity contribution in [3.05, 3.63) is 0 Å². The molecule has 0 nitrogen and oxygen atoms in total. The molecule has 0 radical (unpaired) electrons. The van der Waals surface area contributed by atoms with E-state index in [1.807, 2.05) is 0 Å². The quantitative estimate of drug-likeness (QED) is 0.266. The Morgan fingerprint density at radius 1 is 0.650 bits per heavy atom. The third-order valence-electron chi connectivity index (χ3n) is 3.49. The van der Waals surface area contributed by atoms with Gasteiger partial charge in [-0.2, -0.15) is 0 Å². The van der Waals surface area contributed by atoms with Gasteiger partial charge in [0.1, 0.15) is 0 Å². The predicted octanol–water partition coefficient (Wildman–Crippen LogP) is 7.35. The Labute approximate surface area is 147 Å². The molecule has 0 aliphatic rings. The van der Waals surface area contributed by atoms with Crippen LogP contribution >= 0.6 is 34.9 Å². The Bertz CT molecular complexity index is 176. The first-order chi connectivity index (χ1) is 9.18. The second-order valence-corrected chi connectivity index (χ2v) is 15.7. The van der Waals surface area contributed by atoms with E-state index in [1.165, 1.54) is 18.7 Å². The first-order valence-electron chi connectivity index (χ1n) is 7.52. The summed E-state index contributed by atoms with van der Waals surface area (Å²) >= 11 is -0.106. The van der Waals surface area contributed by atoms with Crippen LogP contribution in [0.1, 0.15) is 61.8 Å². The van der Waals surface area contributed by atoms with Gasteiger partial charge in [-0.3, -0.25) is 0 Å². The number of halogens is 2. The first-order valence-corrected chi connectivity index (χ1v) is 14.9. The fourth-order valence-corrected chi connectivity index (χ4v) is 8.41. The Morgan fingerprint density at radius 3 is 1.00 bits per heavy atom. The summed E-state index contributed by atoms with van der Waals surface area (Å²) in [4.78, 5) is 0. The van der Waals surface area contributed by atoms with E-state index in [2.05, 4.69) is 55.4 Å². The van der Waals surface area contributed by atoms with E-state index in [0.29, 0.717) is 0 Å². The molecule has 0 unspecified atom stereocenters. The summed E-state index contributed by atoms with van der Waals surface area (Å²) in [6.07, 6.45) is 4.48. The molecule has 0 bridgehead atoms. The van der Waals surface area contributed by atoms with Gasteiger partial charge in [0.25, 0.3) is 0 Å². The van der Waals surface area contributed by atoms with Crippen molar-refractivity contribution < 1.29 is 15.9 Å². The molecule has 0 aromatic carbocycles. The second-order valence-electron chi connectivity index (χ2n) is 6.25. The van der Waals surface area contributed by atoms with Crippen LogP contribution in [0.4, 0.5) is 0 Å².